The molecule has 0 radical (unpaired) electrons. The second-order valence-corrected chi connectivity index (χ2v) is 3.07. The van der Waals surface area contributed by atoms with Gasteiger partial charge in [0.25, 0.3) is 0 Å². The van der Waals surface area contributed by atoms with Crippen molar-refractivity contribution < 1.29 is 4.79 Å². The molecule has 0 unspecified atom stereocenters. The third-order valence-electron chi connectivity index (χ3n) is 2.21. The first-order valence-electron chi connectivity index (χ1n) is 4.14. The molecule has 2 rings (SSSR count). The quantitative estimate of drug-likeness (QED) is 0.657. The van der Waals surface area contributed by atoms with E-state index >= 15 is 0 Å². The zero-order chi connectivity index (χ0) is 10.1. The minimum Gasteiger partial charge on any atom is -0.343 e. The molecular formula is C9H8N4O. The van der Waals surface area contributed by atoms with E-state index in [0.29, 0.717) is 23.5 Å². The predicted octanol–water partition coefficient (Wildman–Crippen LogP) is 0.653. The van der Waals surface area contributed by atoms with Gasteiger partial charge in [-0.25, -0.2) is 4.68 Å². The van der Waals surface area contributed by atoms with Gasteiger partial charge in [0.15, 0.2) is 0 Å². The number of allylic oxidation sites excluding steroid dienone is 2. The molecule has 1 aromatic heterocycles. The van der Waals surface area contributed by atoms with Gasteiger partial charge in [0.05, 0.1) is 12.7 Å². The molecular weight excluding hydrogens is 180 g/mol. The molecule has 1 N–H and O–H groups in total. The molecule has 1 aliphatic rings. The highest BCUT2D eigenvalue weighted by atomic mass is 16.1. The van der Waals surface area contributed by atoms with Crippen LogP contribution in [0.2, 0.25) is 0 Å². The van der Waals surface area contributed by atoms with Crippen LogP contribution in [0.3, 0.4) is 0 Å². The van der Waals surface area contributed by atoms with E-state index in [1.165, 1.54) is 6.20 Å². The summed E-state index contributed by atoms with van der Waals surface area (Å²) in [5.74, 6) is 0.663. The van der Waals surface area contributed by atoms with Crippen LogP contribution in [0, 0.1) is 11.3 Å². The van der Waals surface area contributed by atoms with Gasteiger partial charge in [-0.1, -0.05) is 0 Å². The lowest BCUT2D eigenvalue weighted by molar-refractivity contribution is -0.105. The SMILES string of the molecule is CC1=C(C=O)Cn2ncc(C#N)c2N1. The monoisotopic (exact) mass is 188 g/mol. The first kappa shape index (κ1) is 8.51. The van der Waals surface area contributed by atoms with Crippen molar-refractivity contribution in [2.24, 2.45) is 0 Å². The maximum Gasteiger partial charge on any atom is 0.149 e. The van der Waals surface area contributed by atoms with Crippen LogP contribution in [-0.2, 0) is 11.3 Å². The molecule has 5 nitrogen and oxygen atoms in total. The number of carbonyl (C=O) groups is 1. The Morgan fingerprint density at radius 3 is 3.21 bits per heavy atom. The van der Waals surface area contributed by atoms with Gasteiger partial charge in [0, 0.05) is 11.3 Å². The van der Waals surface area contributed by atoms with Crippen molar-refractivity contribution >= 4 is 12.1 Å². The van der Waals surface area contributed by atoms with Gasteiger partial charge in [-0.05, 0) is 6.92 Å². The van der Waals surface area contributed by atoms with Crippen LogP contribution in [0.5, 0.6) is 0 Å². The van der Waals surface area contributed by atoms with Crippen LogP contribution in [0.1, 0.15) is 12.5 Å². The van der Waals surface area contributed by atoms with Gasteiger partial charge in [0.2, 0.25) is 0 Å². The zero-order valence-electron chi connectivity index (χ0n) is 7.61. The summed E-state index contributed by atoms with van der Waals surface area (Å²) in [5.41, 5.74) is 1.93. The van der Waals surface area contributed by atoms with Crippen LogP contribution in [0.25, 0.3) is 0 Å². The van der Waals surface area contributed by atoms with Crippen molar-refractivity contribution in [2.45, 2.75) is 13.5 Å². The number of fused-ring (bicyclic) bond motifs is 1. The van der Waals surface area contributed by atoms with Crippen LogP contribution < -0.4 is 5.32 Å². The molecule has 5 heteroatoms. The molecule has 0 atom stereocenters. The Bertz CT molecular complexity index is 464. The summed E-state index contributed by atoms with van der Waals surface area (Å²) in [6.07, 6.45) is 2.29. The number of carbonyl (C=O) groups excluding carboxylic acids is 1. The molecule has 1 aromatic rings. The van der Waals surface area contributed by atoms with E-state index in [0.717, 1.165) is 12.0 Å². The number of anilines is 1. The Labute approximate surface area is 80.6 Å². The maximum atomic E-state index is 10.7. The van der Waals surface area contributed by atoms with E-state index in [1.54, 1.807) is 11.6 Å². The van der Waals surface area contributed by atoms with Crippen molar-refractivity contribution in [3.05, 3.63) is 23.0 Å². The van der Waals surface area contributed by atoms with E-state index < -0.39 is 0 Å². The van der Waals surface area contributed by atoms with Gasteiger partial charge in [-0.15, -0.1) is 0 Å². The highest BCUT2D eigenvalue weighted by Gasteiger charge is 2.18. The average molecular weight is 188 g/mol. The van der Waals surface area contributed by atoms with Crippen molar-refractivity contribution in [1.29, 1.82) is 5.26 Å². The molecule has 0 spiro atoms. The molecule has 2 heterocycles. The van der Waals surface area contributed by atoms with E-state index in [-0.39, 0.29) is 0 Å². The standard InChI is InChI=1S/C9H8N4O/c1-6-8(5-14)4-13-9(12-6)7(2-10)3-11-13/h3,5,12H,4H2,1H3. The summed E-state index contributed by atoms with van der Waals surface area (Å²) in [6, 6.07) is 2.03. The summed E-state index contributed by atoms with van der Waals surface area (Å²) < 4.78 is 1.61. The Morgan fingerprint density at radius 1 is 1.79 bits per heavy atom. The lowest BCUT2D eigenvalue weighted by Crippen LogP contribution is -2.18. The Morgan fingerprint density at radius 2 is 2.57 bits per heavy atom. The van der Waals surface area contributed by atoms with Crippen LogP contribution in [-0.4, -0.2) is 16.1 Å². The molecule has 0 bridgehead atoms. The average Bonchev–Trinajstić information content (AvgIpc) is 2.58. The highest BCUT2D eigenvalue weighted by molar-refractivity contribution is 5.77. The zero-order valence-corrected chi connectivity index (χ0v) is 7.61. The van der Waals surface area contributed by atoms with Crippen molar-refractivity contribution in [3.63, 3.8) is 0 Å². The number of aromatic nitrogens is 2. The summed E-state index contributed by atoms with van der Waals surface area (Å²) >= 11 is 0. The fourth-order valence-electron chi connectivity index (χ4n) is 1.38. The number of hydrogen-bond acceptors (Lipinski definition) is 4. The minimum absolute atomic E-state index is 0.430. The fourth-order valence-corrected chi connectivity index (χ4v) is 1.38. The first-order chi connectivity index (χ1) is 6.76. The van der Waals surface area contributed by atoms with Gasteiger partial charge in [-0.2, -0.15) is 10.4 Å². The largest absolute Gasteiger partial charge is 0.343 e. The van der Waals surface area contributed by atoms with E-state index in [1.807, 2.05) is 6.07 Å². The fraction of sp³-hybridized carbons (Fsp3) is 0.222. The lowest BCUT2D eigenvalue weighted by atomic mass is 10.2. The highest BCUT2D eigenvalue weighted by Crippen LogP contribution is 2.22. The first-order valence-corrected chi connectivity index (χ1v) is 4.14. The Kier molecular flexibility index (Phi) is 1.82. The van der Waals surface area contributed by atoms with E-state index in [4.69, 9.17) is 5.26 Å². The van der Waals surface area contributed by atoms with E-state index in [2.05, 4.69) is 10.4 Å². The lowest BCUT2D eigenvalue weighted by Gasteiger charge is -2.18. The Balaban J connectivity index is 2.46. The molecule has 0 saturated carbocycles. The predicted molar refractivity (Wildman–Crippen MR) is 49.3 cm³/mol. The minimum atomic E-state index is 0.430. The van der Waals surface area contributed by atoms with Gasteiger partial charge in [0.1, 0.15) is 23.7 Å². The van der Waals surface area contributed by atoms with Crippen LogP contribution in [0.15, 0.2) is 17.5 Å². The molecule has 0 amide bonds. The molecule has 0 saturated heterocycles. The molecule has 0 aromatic carbocycles. The number of aldehydes is 1. The topological polar surface area (TPSA) is 70.7 Å². The molecule has 14 heavy (non-hydrogen) atoms. The van der Waals surface area contributed by atoms with Crippen LogP contribution >= 0.6 is 0 Å². The third kappa shape index (κ3) is 1.09. The summed E-state index contributed by atoms with van der Waals surface area (Å²) in [5, 5.41) is 15.7. The van der Waals surface area contributed by atoms with Crippen molar-refractivity contribution in [2.75, 3.05) is 5.32 Å². The third-order valence-corrected chi connectivity index (χ3v) is 2.21. The van der Waals surface area contributed by atoms with Gasteiger partial charge < -0.3 is 5.32 Å². The summed E-state index contributed by atoms with van der Waals surface area (Å²) in [4.78, 5) is 10.7. The maximum absolute atomic E-state index is 10.7. The van der Waals surface area contributed by atoms with Crippen molar-refractivity contribution in [3.8, 4) is 6.07 Å². The number of hydrogen-bond donors (Lipinski definition) is 1. The molecule has 0 fully saturated rings. The van der Waals surface area contributed by atoms with Crippen LogP contribution in [0.4, 0.5) is 5.82 Å². The second-order valence-electron chi connectivity index (χ2n) is 3.07. The second kappa shape index (κ2) is 3.00. The molecule has 1 aliphatic heterocycles. The van der Waals surface area contributed by atoms with Gasteiger partial charge >= 0.3 is 0 Å². The number of nitrogens with one attached hydrogen (secondary N) is 1. The number of nitriles is 1. The molecule has 70 valence electrons. The molecule has 0 aliphatic carbocycles. The number of rotatable bonds is 1. The van der Waals surface area contributed by atoms with Gasteiger partial charge in [-0.3, -0.25) is 4.79 Å². The normalized spacial score (nSPS) is 14.3. The Hall–Kier alpha value is -2.09. The summed E-state index contributed by atoms with van der Waals surface area (Å²) in [6.45, 7) is 2.24. The number of nitrogens with zero attached hydrogens (tertiary/aromatic N) is 3. The smallest absolute Gasteiger partial charge is 0.149 e. The summed E-state index contributed by atoms with van der Waals surface area (Å²) in [7, 11) is 0. The van der Waals surface area contributed by atoms with E-state index in [9.17, 15) is 4.79 Å². The van der Waals surface area contributed by atoms with Crippen molar-refractivity contribution in [1.82, 2.24) is 9.78 Å².